The third-order valence-corrected chi connectivity index (χ3v) is 3.45. The molecule has 0 spiro atoms. The molecule has 1 saturated heterocycles. The minimum absolute atomic E-state index is 0.0384. The fourth-order valence-electron chi connectivity index (χ4n) is 2.30. The summed E-state index contributed by atoms with van der Waals surface area (Å²) < 4.78 is 1.87. The molecule has 2 unspecified atom stereocenters. The summed E-state index contributed by atoms with van der Waals surface area (Å²) in [5.74, 6) is -1.80. The van der Waals surface area contributed by atoms with Gasteiger partial charge < -0.3 is 15.1 Å². The molecule has 0 radical (unpaired) electrons. The topological polar surface area (TPSA) is 122 Å². The van der Waals surface area contributed by atoms with Gasteiger partial charge in [0.05, 0.1) is 6.10 Å². The van der Waals surface area contributed by atoms with E-state index >= 15 is 0 Å². The van der Waals surface area contributed by atoms with Gasteiger partial charge in [-0.3, -0.25) is 18.7 Å². The Morgan fingerprint density at radius 3 is 2.67 bits per heavy atom. The number of β-amino-alcohol motifs (C(OH)–C–C–N with tert-alkyl or cyclic N) is 1. The van der Waals surface area contributed by atoms with Crippen LogP contribution in [-0.4, -0.2) is 54.8 Å². The van der Waals surface area contributed by atoms with Crippen molar-refractivity contribution >= 4 is 11.9 Å². The molecule has 2 rings (SSSR count). The first-order valence-corrected chi connectivity index (χ1v) is 6.28. The summed E-state index contributed by atoms with van der Waals surface area (Å²) in [5.41, 5.74) is -1.16. The summed E-state index contributed by atoms with van der Waals surface area (Å²) in [6.45, 7) is -0.472. The van der Waals surface area contributed by atoms with E-state index < -0.39 is 35.3 Å². The molecule has 1 aliphatic rings. The highest BCUT2D eigenvalue weighted by Crippen LogP contribution is 2.18. The smallest absolute Gasteiger partial charge is 0.331 e. The lowest BCUT2D eigenvalue weighted by molar-refractivity contribution is -0.148. The van der Waals surface area contributed by atoms with Gasteiger partial charge >= 0.3 is 11.7 Å². The van der Waals surface area contributed by atoms with Crippen molar-refractivity contribution in [3.05, 3.63) is 33.1 Å². The molecule has 0 aromatic carbocycles. The molecule has 2 atom stereocenters. The lowest BCUT2D eigenvalue weighted by Gasteiger charge is -2.21. The molecule has 1 fully saturated rings. The number of carboxylic acids is 1. The van der Waals surface area contributed by atoms with Crippen molar-refractivity contribution < 1.29 is 19.8 Å². The second-order valence-electron chi connectivity index (χ2n) is 4.91. The van der Waals surface area contributed by atoms with Crippen molar-refractivity contribution in [1.29, 1.82) is 0 Å². The lowest BCUT2D eigenvalue weighted by atomic mass is 10.2. The molecular formula is C12H15N3O6. The zero-order chi connectivity index (χ0) is 15.7. The number of aromatic nitrogens is 2. The number of carbonyl (C=O) groups is 2. The van der Waals surface area contributed by atoms with Crippen LogP contribution in [0.25, 0.3) is 0 Å². The van der Waals surface area contributed by atoms with E-state index in [0.29, 0.717) is 0 Å². The van der Waals surface area contributed by atoms with Crippen LogP contribution in [0.3, 0.4) is 0 Å². The van der Waals surface area contributed by atoms with Gasteiger partial charge in [0.2, 0.25) is 5.91 Å². The molecule has 0 saturated carbocycles. The van der Waals surface area contributed by atoms with Crippen LogP contribution < -0.4 is 11.2 Å². The van der Waals surface area contributed by atoms with E-state index in [4.69, 9.17) is 5.11 Å². The fraction of sp³-hybridized carbons (Fsp3) is 0.500. The third kappa shape index (κ3) is 2.87. The van der Waals surface area contributed by atoms with Gasteiger partial charge in [0, 0.05) is 32.3 Å². The predicted octanol–water partition coefficient (Wildman–Crippen LogP) is -2.41. The first-order valence-electron chi connectivity index (χ1n) is 6.28. The van der Waals surface area contributed by atoms with Crippen LogP contribution in [0.2, 0.25) is 0 Å². The van der Waals surface area contributed by atoms with E-state index in [1.807, 2.05) is 0 Å². The molecule has 21 heavy (non-hydrogen) atoms. The summed E-state index contributed by atoms with van der Waals surface area (Å²) in [6, 6.07) is 0.0399. The number of carboxylic acid groups (broad SMARTS) is 1. The Morgan fingerprint density at radius 1 is 1.38 bits per heavy atom. The molecule has 0 bridgehead atoms. The van der Waals surface area contributed by atoms with Crippen LogP contribution in [0.1, 0.15) is 6.42 Å². The van der Waals surface area contributed by atoms with Gasteiger partial charge in [-0.1, -0.05) is 0 Å². The Bertz CT molecular complexity index is 691. The quantitative estimate of drug-likeness (QED) is 0.641. The van der Waals surface area contributed by atoms with Crippen LogP contribution in [0.5, 0.6) is 0 Å². The first-order chi connectivity index (χ1) is 9.81. The molecule has 1 aliphatic heterocycles. The van der Waals surface area contributed by atoms with Crippen molar-refractivity contribution in [2.45, 2.75) is 25.1 Å². The maximum absolute atomic E-state index is 12.1. The predicted molar refractivity (Wildman–Crippen MR) is 69.7 cm³/mol. The fourth-order valence-corrected chi connectivity index (χ4v) is 2.30. The highest BCUT2D eigenvalue weighted by Gasteiger charge is 2.38. The SMILES string of the molecule is Cn1c(=O)ccn(CC(=O)N2CC(O)CC2C(=O)O)c1=O. The molecule has 9 heteroatoms. The molecule has 0 aliphatic carbocycles. The van der Waals surface area contributed by atoms with Gasteiger partial charge in [-0.2, -0.15) is 0 Å². The number of hydrogen-bond donors (Lipinski definition) is 2. The Hall–Kier alpha value is -2.42. The third-order valence-electron chi connectivity index (χ3n) is 3.45. The number of hydrogen-bond acceptors (Lipinski definition) is 5. The second kappa shape index (κ2) is 5.52. The van der Waals surface area contributed by atoms with Crippen molar-refractivity contribution in [3.8, 4) is 0 Å². The van der Waals surface area contributed by atoms with Crippen molar-refractivity contribution in [1.82, 2.24) is 14.0 Å². The van der Waals surface area contributed by atoms with E-state index in [0.717, 1.165) is 20.1 Å². The van der Waals surface area contributed by atoms with Crippen LogP contribution >= 0.6 is 0 Å². The Balaban J connectivity index is 2.22. The summed E-state index contributed by atoms with van der Waals surface area (Å²) in [5, 5.41) is 18.5. The number of amides is 1. The Morgan fingerprint density at radius 2 is 2.05 bits per heavy atom. The van der Waals surface area contributed by atoms with Crippen LogP contribution in [0, 0.1) is 0 Å². The van der Waals surface area contributed by atoms with E-state index in [9.17, 15) is 24.3 Å². The Kier molecular flexibility index (Phi) is 3.94. The Labute approximate surface area is 118 Å². The zero-order valence-corrected chi connectivity index (χ0v) is 11.3. The number of aliphatic hydroxyl groups excluding tert-OH is 1. The van der Waals surface area contributed by atoms with Gasteiger partial charge in [-0.05, 0) is 0 Å². The average Bonchev–Trinajstić information content (AvgIpc) is 2.82. The summed E-state index contributed by atoms with van der Waals surface area (Å²) >= 11 is 0. The van der Waals surface area contributed by atoms with Gasteiger partial charge in [0.25, 0.3) is 5.56 Å². The molecule has 9 nitrogen and oxygen atoms in total. The van der Waals surface area contributed by atoms with Gasteiger partial charge in [-0.15, -0.1) is 0 Å². The maximum Gasteiger partial charge on any atom is 0.331 e. The normalized spacial score (nSPS) is 21.5. The number of aliphatic hydroxyl groups is 1. The van der Waals surface area contributed by atoms with Gasteiger partial charge in [0.1, 0.15) is 12.6 Å². The number of rotatable bonds is 3. The molecule has 2 heterocycles. The van der Waals surface area contributed by atoms with E-state index in [1.165, 1.54) is 13.2 Å². The number of aliphatic carboxylic acids is 1. The standard InChI is InChI=1S/C12H15N3O6/c1-13-9(17)2-3-14(12(13)21)6-10(18)15-5-7(16)4-8(15)11(19)20/h2-3,7-8,16H,4-6H2,1H3,(H,19,20). The van der Waals surface area contributed by atoms with E-state index in [1.54, 1.807) is 0 Å². The minimum atomic E-state index is -1.20. The highest BCUT2D eigenvalue weighted by molar-refractivity contribution is 5.84. The van der Waals surface area contributed by atoms with Gasteiger partial charge in [-0.25, -0.2) is 9.59 Å². The molecule has 1 amide bonds. The van der Waals surface area contributed by atoms with E-state index in [2.05, 4.69) is 0 Å². The molecule has 114 valence electrons. The highest BCUT2D eigenvalue weighted by atomic mass is 16.4. The van der Waals surface area contributed by atoms with Crippen molar-refractivity contribution in [2.24, 2.45) is 7.05 Å². The lowest BCUT2D eigenvalue weighted by Crippen LogP contribution is -2.45. The van der Waals surface area contributed by atoms with E-state index in [-0.39, 0.29) is 19.5 Å². The average molecular weight is 297 g/mol. The van der Waals surface area contributed by atoms with Crippen LogP contribution in [-0.2, 0) is 23.2 Å². The minimum Gasteiger partial charge on any atom is -0.480 e. The number of nitrogens with zero attached hydrogens (tertiary/aromatic N) is 3. The maximum atomic E-state index is 12.1. The first kappa shape index (κ1) is 15.0. The monoisotopic (exact) mass is 297 g/mol. The molecule has 1 aromatic heterocycles. The largest absolute Gasteiger partial charge is 0.480 e. The second-order valence-corrected chi connectivity index (χ2v) is 4.91. The summed E-state index contributed by atoms with van der Waals surface area (Å²) in [6.07, 6.45) is 0.251. The van der Waals surface area contributed by atoms with Crippen LogP contribution in [0.4, 0.5) is 0 Å². The van der Waals surface area contributed by atoms with Crippen molar-refractivity contribution in [3.63, 3.8) is 0 Å². The van der Waals surface area contributed by atoms with Crippen LogP contribution in [0.15, 0.2) is 21.9 Å². The summed E-state index contributed by atoms with van der Waals surface area (Å²) in [7, 11) is 1.28. The molecular weight excluding hydrogens is 282 g/mol. The molecule has 1 aromatic rings. The van der Waals surface area contributed by atoms with Gasteiger partial charge in [0.15, 0.2) is 0 Å². The zero-order valence-electron chi connectivity index (χ0n) is 11.3. The molecule has 2 N–H and O–H groups in total. The van der Waals surface area contributed by atoms with Crippen molar-refractivity contribution in [2.75, 3.05) is 6.54 Å². The number of carbonyl (C=O) groups excluding carboxylic acids is 1. The number of likely N-dealkylation sites (tertiary alicyclic amines) is 1. The summed E-state index contributed by atoms with van der Waals surface area (Å²) in [4.78, 5) is 47.3.